The molecule has 0 bridgehead atoms. The predicted molar refractivity (Wildman–Crippen MR) is 152 cm³/mol. The van der Waals surface area contributed by atoms with Crippen LogP contribution in [-0.4, -0.2) is 145 Å². The van der Waals surface area contributed by atoms with Crippen LogP contribution in [0.2, 0.25) is 0 Å². The molecule has 1 aliphatic rings. The third-order valence-corrected chi connectivity index (χ3v) is 6.82. The molecule has 7 atom stereocenters. The Morgan fingerprint density at radius 1 is 0.841 bits per heavy atom. The highest BCUT2D eigenvalue weighted by Gasteiger charge is 2.47. The molecule has 0 saturated carbocycles. The van der Waals surface area contributed by atoms with Crippen LogP contribution in [0.1, 0.15) is 39.2 Å². The summed E-state index contributed by atoms with van der Waals surface area (Å²) in [6.07, 6.45) is -7.80. The Bertz CT molecular complexity index is 1010. The van der Waals surface area contributed by atoms with E-state index in [9.17, 15) is 24.0 Å². The van der Waals surface area contributed by atoms with E-state index in [-0.39, 0.29) is 11.9 Å². The monoisotopic (exact) mass is 632 g/mol. The topological polar surface area (TPSA) is 263 Å². The molecule has 16 heteroatoms. The zero-order valence-corrected chi connectivity index (χ0v) is 25.3. The molecule has 1 heterocycles. The number of carbonyl (C=O) groups excluding carboxylic acids is 1. The molecular formula is C28H44N2O14. The normalized spacial score (nSPS) is 22.5. The van der Waals surface area contributed by atoms with Crippen molar-refractivity contribution in [3.8, 4) is 0 Å². The molecular weight excluding hydrogens is 588 g/mol. The van der Waals surface area contributed by atoms with Gasteiger partial charge in [0.25, 0.3) is 0 Å². The van der Waals surface area contributed by atoms with E-state index in [1.54, 1.807) is 0 Å². The molecule has 0 aliphatic carbocycles. The van der Waals surface area contributed by atoms with Crippen molar-refractivity contribution in [2.45, 2.75) is 69.7 Å². The molecule has 0 spiro atoms. The number of piperidine rings is 1. The van der Waals surface area contributed by atoms with Crippen molar-refractivity contribution in [2.24, 2.45) is 5.92 Å². The number of carbonyl (C=O) groups is 5. The Morgan fingerprint density at radius 3 is 1.59 bits per heavy atom. The molecule has 2 rings (SSSR count). The first-order valence-corrected chi connectivity index (χ1v) is 13.6. The summed E-state index contributed by atoms with van der Waals surface area (Å²) in [5.74, 6) is -6.93. The molecule has 0 radical (unpaired) electrons. The van der Waals surface area contributed by atoms with Crippen molar-refractivity contribution >= 4 is 29.8 Å². The van der Waals surface area contributed by atoms with Gasteiger partial charge in [-0.2, -0.15) is 0 Å². The Morgan fingerprint density at radius 2 is 1.25 bits per heavy atom. The van der Waals surface area contributed by atoms with Gasteiger partial charge >= 0.3 is 29.8 Å². The fourth-order valence-electron chi connectivity index (χ4n) is 4.23. The number of likely N-dealkylation sites (tertiary alicyclic amines) is 1. The first-order chi connectivity index (χ1) is 20.3. The maximum Gasteiger partial charge on any atom is 0.335 e. The maximum atomic E-state index is 12.2. The van der Waals surface area contributed by atoms with E-state index < -0.39 is 53.9 Å². The van der Waals surface area contributed by atoms with Gasteiger partial charge in [0.15, 0.2) is 24.4 Å². The molecule has 3 unspecified atom stereocenters. The molecule has 1 aromatic rings. The standard InChI is InChI=1S/C20H32N2O2.2C4H6O6/c1-6-19(23)24-20(18-10-8-7-9-11-18)14-17(3)22(15-16(20)2)13-12-21(4)5;2*5-1(3(7)8)2(6)4(9)10/h7-11,16-17H,6,12-15H2,1-5H3;2*1-2,5-6H,(H,7,8)(H,9,10)/t;2*1-,2-/m.00/s1. The average molecular weight is 633 g/mol. The van der Waals surface area contributed by atoms with Gasteiger partial charge in [-0.1, -0.05) is 44.2 Å². The van der Waals surface area contributed by atoms with Crippen LogP contribution in [0.3, 0.4) is 0 Å². The number of aliphatic hydroxyl groups is 4. The summed E-state index contributed by atoms with van der Waals surface area (Å²) in [6.45, 7) is 9.36. The molecule has 1 aliphatic heterocycles. The molecule has 1 fully saturated rings. The minimum absolute atomic E-state index is 0.111. The van der Waals surface area contributed by atoms with Crippen LogP contribution in [0, 0.1) is 5.92 Å². The van der Waals surface area contributed by atoms with Gasteiger partial charge in [0.1, 0.15) is 5.60 Å². The lowest BCUT2D eigenvalue weighted by Crippen LogP contribution is -2.55. The number of esters is 1. The summed E-state index contributed by atoms with van der Waals surface area (Å²) in [7, 11) is 4.21. The van der Waals surface area contributed by atoms with Gasteiger partial charge in [0.05, 0.1) is 0 Å². The number of ether oxygens (including phenoxy) is 1. The van der Waals surface area contributed by atoms with Gasteiger partial charge in [0.2, 0.25) is 0 Å². The average Bonchev–Trinajstić information content (AvgIpc) is 2.97. The smallest absolute Gasteiger partial charge is 0.335 e. The zero-order valence-electron chi connectivity index (χ0n) is 25.3. The highest BCUT2D eigenvalue weighted by Crippen LogP contribution is 2.43. The summed E-state index contributed by atoms with van der Waals surface area (Å²) in [4.78, 5) is 56.0. The molecule has 8 N–H and O–H groups in total. The van der Waals surface area contributed by atoms with E-state index in [0.29, 0.717) is 12.5 Å². The lowest BCUT2D eigenvalue weighted by Gasteiger charge is -2.49. The van der Waals surface area contributed by atoms with Crippen LogP contribution < -0.4 is 0 Å². The van der Waals surface area contributed by atoms with Gasteiger partial charge in [-0.15, -0.1) is 0 Å². The summed E-state index contributed by atoms with van der Waals surface area (Å²) in [6, 6.07) is 10.7. The van der Waals surface area contributed by atoms with Gasteiger partial charge in [-0.05, 0) is 26.6 Å². The number of hydrogen-bond acceptors (Lipinski definition) is 12. The van der Waals surface area contributed by atoms with E-state index in [4.69, 9.17) is 45.6 Å². The lowest BCUT2D eigenvalue weighted by molar-refractivity contribution is -0.178. The van der Waals surface area contributed by atoms with Crippen molar-refractivity contribution in [2.75, 3.05) is 33.7 Å². The van der Waals surface area contributed by atoms with Gasteiger partial charge in [0, 0.05) is 44.4 Å². The first kappa shape index (κ1) is 40.3. The van der Waals surface area contributed by atoms with E-state index in [1.807, 2.05) is 25.1 Å². The number of aliphatic carboxylic acids is 4. The fraction of sp³-hybridized carbons (Fsp3) is 0.607. The Balaban J connectivity index is 0.000000765. The van der Waals surface area contributed by atoms with E-state index in [1.165, 1.54) is 0 Å². The Kier molecular flexibility index (Phi) is 17.3. The van der Waals surface area contributed by atoms with Gasteiger partial charge < -0.3 is 50.5 Å². The molecule has 16 nitrogen and oxygen atoms in total. The largest absolute Gasteiger partial charge is 0.479 e. The third kappa shape index (κ3) is 12.5. The number of carboxylic acids is 4. The van der Waals surface area contributed by atoms with Crippen LogP contribution in [0.15, 0.2) is 30.3 Å². The second-order valence-corrected chi connectivity index (χ2v) is 10.5. The van der Waals surface area contributed by atoms with Crippen molar-refractivity contribution in [1.29, 1.82) is 0 Å². The van der Waals surface area contributed by atoms with Crippen molar-refractivity contribution in [3.05, 3.63) is 35.9 Å². The number of benzene rings is 1. The van der Waals surface area contributed by atoms with Gasteiger partial charge in [-0.25, -0.2) is 19.2 Å². The number of aliphatic hydroxyl groups excluding tert-OH is 4. The Labute approximate surface area is 254 Å². The van der Waals surface area contributed by atoms with Crippen LogP contribution in [0.4, 0.5) is 0 Å². The molecule has 0 aromatic heterocycles. The molecule has 44 heavy (non-hydrogen) atoms. The van der Waals surface area contributed by atoms with E-state index >= 15 is 0 Å². The van der Waals surface area contributed by atoms with Crippen molar-refractivity contribution < 1.29 is 69.6 Å². The van der Waals surface area contributed by atoms with E-state index in [0.717, 1.165) is 31.6 Å². The SMILES string of the molecule is CCC(=O)OC1(c2ccccc2)CC(C)N(CCN(C)C)CC1C.O=C(O)[C@@H](O)[C@H](O)C(=O)O.O=C(O)[C@@H](O)[C@H](O)C(=O)O. The fourth-order valence-corrected chi connectivity index (χ4v) is 4.23. The summed E-state index contributed by atoms with van der Waals surface area (Å²) in [5, 5.41) is 65.1. The number of likely N-dealkylation sites (N-methyl/N-ethyl adjacent to an activating group) is 1. The minimum atomic E-state index is -2.27. The quantitative estimate of drug-likeness (QED) is 0.127. The summed E-state index contributed by atoms with van der Waals surface area (Å²) in [5.41, 5.74) is 0.612. The van der Waals surface area contributed by atoms with Crippen molar-refractivity contribution in [3.63, 3.8) is 0 Å². The number of carboxylic acid groups (broad SMARTS) is 4. The summed E-state index contributed by atoms with van der Waals surface area (Å²) < 4.78 is 6.09. The van der Waals surface area contributed by atoms with Crippen LogP contribution in [0.5, 0.6) is 0 Å². The predicted octanol–water partition coefficient (Wildman–Crippen LogP) is -1.12. The highest BCUT2D eigenvalue weighted by molar-refractivity contribution is 5.83. The maximum absolute atomic E-state index is 12.2. The molecule has 250 valence electrons. The van der Waals surface area contributed by atoms with Crippen molar-refractivity contribution in [1.82, 2.24) is 9.80 Å². The van der Waals surface area contributed by atoms with Crippen LogP contribution in [-0.2, 0) is 34.3 Å². The van der Waals surface area contributed by atoms with Gasteiger partial charge in [-0.3, -0.25) is 9.69 Å². The lowest BCUT2D eigenvalue weighted by atomic mass is 9.74. The number of rotatable bonds is 12. The van der Waals surface area contributed by atoms with Crippen LogP contribution in [0.25, 0.3) is 0 Å². The van der Waals surface area contributed by atoms with E-state index in [2.05, 4.69) is 49.9 Å². The minimum Gasteiger partial charge on any atom is -0.479 e. The number of hydrogen-bond donors (Lipinski definition) is 8. The van der Waals surface area contributed by atoms with Crippen LogP contribution >= 0.6 is 0 Å². The second-order valence-electron chi connectivity index (χ2n) is 10.5. The molecule has 1 aromatic carbocycles. The molecule has 0 amide bonds. The highest BCUT2D eigenvalue weighted by atomic mass is 16.6. The number of nitrogens with zero attached hydrogens (tertiary/aromatic N) is 2. The third-order valence-electron chi connectivity index (χ3n) is 6.82. The molecule has 1 saturated heterocycles. The Hall–Kier alpha value is -3.67. The summed E-state index contributed by atoms with van der Waals surface area (Å²) >= 11 is 0. The zero-order chi connectivity index (χ0) is 34.4. The first-order valence-electron chi connectivity index (χ1n) is 13.6. The second kappa shape index (κ2) is 18.9.